The number of aromatic nitrogens is 1. The summed E-state index contributed by atoms with van der Waals surface area (Å²) in [5.74, 6) is -0.249. The predicted molar refractivity (Wildman–Crippen MR) is 80.0 cm³/mol. The van der Waals surface area contributed by atoms with Crippen molar-refractivity contribution < 1.29 is 17.9 Å². The highest BCUT2D eigenvalue weighted by Gasteiger charge is 2.37. The fourth-order valence-electron chi connectivity index (χ4n) is 2.84. The molecule has 2 aromatic rings. The van der Waals surface area contributed by atoms with Crippen molar-refractivity contribution in [1.82, 2.24) is 10.3 Å². The van der Waals surface area contributed by atoms with Gasteiger partial charge in [-0.15, -0.1) is 0 Å². The summed E-state index contributed by atoms with van der Waals surface area (Å²) >= 11 is 0. The molecule has 2 atom stereocenters. The standard InChI is InChI=1S/C17H17F3N2O/c18-17(19,20)14-7-4-9-22-16(14)23-15(13-8-10-21-11-13)12-5-2-1-3-6-12/h1-7,9,13,15,21H,8,10-11H2/t13-,15-/m1/s1. The van der Waals surface area contributed by atoms with Gasteiger partial charge in [0.05, 0.1) is 0 Å². The summed E-state index contributed by atoms with van der Waals surface area (Å²) in [7, 11) is 0. The van der Waals surface area contributed by atoms with Crippen molar-refractivity contribution in [3.05, 3.63) is 59.8 Å². The highest BCUT2D eigenvalue weighted by atomic mass is 19.4. The van der Waals surface area contributed by atoms with E-state index in [0.29, 0.717) is 6.54 Å². The Morgan fingerprint density at radius 3 is 2.57 bits per heavy atom. The molecule has 0 amide bonds. The van der Waals surface area contributed by atoms with E-state index in [-0.39, 0.29) is 11.8 Å². The molecule has 2 heterocycles. The Kier molecular flexibility index (Phi) is 4.52. The van der Waals surface area contributed by atoms with E-state index in [9.17, 15) is 13.2 Å². The molecule has 1 N–H and O–H groups in total. The second kappa shape index (κ2) is 6.58. The van der Waals surface area contributed by atoms with Gasteiger partial charge in [-0.1, -0.05) is 30.3 Å². The number of hydrogen-bond donors (Lipinski definition) is 1. The number of alkyl halides is 3. The molecule has 23 heavy (non-hydrogen) atoms. The molecule has 1 aliphatic heterocycles. The lowest BCUT2D eigenvalue weighted by molar-refractivity contribution is -0.139. The monoisotopic (exact) mass is 322 g/mol. The normalized spacial score (nSPS) is 19.5. The van der Waals surface area contributed by atoms with Gasteiger partial charge >= 0.3 is 6.18 Å². The quantitative estimate of drug-likeness (QED) is 0.929. The van der Waals surface area contributed by atoms with Crippen LogP contribution in [0.3, 0.4) is 0 Å². The van der Waals surface area contributed by atoms with E-state index in [4.69, 9.17) is 4.74 Å². The van der Waals surface area contributed by atoms with E-state index in [1.54, 1.807) is 0 Å². The lowest BCUT2D eigenvalue weighted by Crippen LogP contribution is -2.23. The summed E-state index contributed by atoms with van der Waals surface area (Å²) in [4.78, 5) is 3.82. The molecule has 1 aromatic carbocycles. The molecule has 0 aliphatic carbocycles. The van der Waals surface area contributed by atoms with Crippen LogP contribution in [0.5, 0.6) is 5.88 Å². The van der Waals surface area contributed by atoms with Crippen LogP contribution in [0.1, 0.15) is 23.7 Å². The highest BCUT2D eigenvalue weighted by Crippen LogP contribution is 2.38. The maximum Gasteiger partial charge on any atom is 0.421 e. The van der Waals surface area contributed by atoms with Crippen LogP contribution in [-0.2, 0) is 6.18 Å². The van der Waals surface area contributed by atoms with Gasteiger partial charge in [0.2, 0.25) is 5.88 Å². The Bertz CT molecular complexity index is 640. The lowest BCUT2D eigenvalue weighted by Gasteiger charge is -2.25. The third-order valence-corrected chi connectivity index (χ3v) is 3.97. The van der Waals surface area contributed by atoms with Crippen LogP contribution in [-0.4, -0.2) is 18.1 Å². The Balaban J connectivity index is 1.93. The number of hydrogen-bond acceptors (Lipinski definition) is 3. The molecular weight excluding hydrogens is 305 g/mol. The van der Waals surface area contributed by atoms with E-state index in [1.807, 2.05) is 30.3 Å². The van der Waals surface area contributed by atoms with Crippen LogP contribution in [0, 0.1) is 5.92 Å². The van der Waals surface area contributed by atoms with Crippen LogP contribution in [0.4, 0.5) is 13.2 Å². The predicted octanol–water partition coefficient (Wildman–Crippen LogP) is 3.83. The maximum absolute atomic E-state index is 13.1. The van der Waals surface area contributed by atoms with Gasteiger partial charge in [-0.05, 0) is 30.7 Å². The Labute approximate surface area is 132 Å². The number of pyridine rings is 1. The van der Waals surface area contributed by atoms with Crippen LogP contribution < -0.4 is 10.1 Å². The molecule has 0 unspecified atom stereocenters. The number of halogens is 3. The van der Waals surface area contributed by atoms with Crippen molar-refractivity contribution in [2.45, 2.75) is 18.7 Å². The van der Waals surface area contributed by atoms with Gasteiger partial charge in [-0.2, -0.15) is 13.2 Å². The van der Waals surface area contributed by atoms with Crippen LogP contribution in [0.2, 0.25) is 0 Å². The summed E-state index contributed by atoms with van der Waals surface area (Å²) in [5.41, 5.74) is 0.0202. The molecule has 0 saturated carbocycles. The highest BCUT2D eigenvalue weighted by molar-refractivity contribution is 5.30. The van der Waals surface area contributed by atoms with Crippen LogP contribution in [0.15, 0.2) is 48.7 Å². The number of benzene rings is 1. The zero-order valence-corrected chi connectivity index (χ0v) is 12.4. The van der Waals surface area contributed by atoms with E-state index in [0.717, 1.165) is 24.6 Å². The molecule has 1 fully saturated rings. The fourth-order valence-corrected chi connectivity index (χ4v) is 2.84. The van der Waals surface area contributed by atoms with Crippen LogP contribution >= 0.6 is 0 Å². The van der Waals surface area contributed by atoms with Crippen molar-refractivity contribution in [2.24, 2.45) is 5.92 Å². The summed E-state index contributed by atoms with van der Waals surface area (Å²) in [6, 6.07) is 11.6. The van der Waals surface area contributed by atoms with Gasteiger partial charge < -0.3 is 10.1 Å². The first kappa shape index (κ1) is 15.8. The number of ether oxygens (including phenoxy) is 1. The molecule has 0 spiro atoms. The minimum Gasteiger partial charge on any atom is -0.469 e. The summed E-state index contributed by atoms with van der Waals surface area (Å²) in [5, 5.41) is 3.23. The van der Waals surface area contributed by atoms with Gasteiger partial charge in [-0.25, -0.2) is 4.98 Å². The fraction of sp³-hybridized carbons (Fsp3) is 0.353. The Hall–Kier alpha value is -2.08. The first-order chi connectivity index (χ1) is 11.1. The number of nitrogens with one attached hydrogen (secondary N) is 1. The topological polar surface area (TPSA) is 34.1 Å². The van der Waals surface area contributed by atoms with E-state index < -0.39 is 17.8 Å². The van der Waals surface area contributed by atoms with Gasteiger partial charge in [0.25, 0.3) is 0 Å². The van der Waals surface area contributed by atoms with Crippen molar-refractivity contribution in [2.75, 3.05) is 13.1 Å². The lowest BCUT2D eigenvalue weighted by atomic mass is 9.95. The third kappa shape index (κ3) is 3.64. The zero-order chi connectivity index (χ0) is 16.3. The van der Waals surface area contributed by atoms with Gasteiger partial charge in [0, 0.05) is 18.7 Å². The second-order valence-electron chi connectivity index (χ2n) is 5.56. The summed E-state index contributed by atoms with van der Waals surface area (Å²) in [6.07, 6.45) is -2.77. The van der Waals surface area contributed by atoms with Crippen molar-refractivity contribution in [3.8, 4) is 5.88 Å². The molecule has 1 aliphatic rings. The summed E-state index contributed by atoms with van der Waals surface area (Å²) < 4.78 is 45.2. The molecular formula is C17H17F3N2O. The molecule has 1 aromatic heterocycles. The molecule has 3 nitrogen and oxygen atoms in total. The van der Waals surface area contributed by atoms with Gasteiger partial charge in [0.1, 0.15) is 11.7 Å². The molecule has 6 heteroatoms. The molecule has 0 bridgehead atoms. The average molecular weight is 322 g/mol. The number of rotatable bonds is 4. The average Bonchev–Trinajstić information content (AvgIpc) is 3.07. The molecule has 1 saturated heterocycles. The molecule has 3 rings (SSSR count). The summed E-state index contributed by atoms with van der Waals surface area (Å²) in [6.45, 7) is 1.56. The van der Waals surface area contributed by atoms with E-state index in [1.165, 1.54) is 12.3 Å². The Morgan fingerprint density at radius 1 is 1.13 bits per heavy atom. The van der Waals surface area contributed by atoms with Crippen LogP contribution in [0.25, 0.3) is 0 Å². The first-order valence-electron chi connectivity index (χ1n) is 7.50. The minimum absolute atomic E-state index is 0.112. The maximum atomic E-state index is 13.1. The van der Waals surface area contributed by atoms with E-state index in [2.05, 4.69) is 10.3 Å². The van der Waals surface area contributed by atoms with Gasteiger partial charge in [-0.3, -0.25) is 0 Å². The minimum atomic E-state index is -4.49. The largest absolute Gasteiger partial charge is 0.469 e. The molecule has 0 radical (unpaired) electrons. The van der Waals surface area contributed by atoms with Crippen molar-refractivity contribution in [1.29, 1.82) is 0 Å². The third-order valence-electron chi connectivity index (χ3n) is 3.97. The SMILES string of the molecule is FC(F)(F)c1cccnc1O[C@H](c1ccccc1)[C@@H]1CCNC1. The first-order valence-corrected chi connectivity index (χ1v) is 7.50. The van der Waals surface area contributed by atoms with Crippen molar-refractivity contribution in [3.63, 3.8) is 0 Å². The Morgan fingerprint density at radius 2 is 1.91 bits per heavy atom. The van der Waals surface area contributed by atoms with Gasteiger partial charge in [0.15, 0.2) is 0 Å². The smallest absolute Gasteiger partial charge is 0.421 e. The zero-order valence-electron chi connectivity index (χ0n) is 12.4. The number of nitrogens with zero attached hydrogens (tertiary/aromatic N) is 1. The van der Waals surface area contributed by atoms with E-state index >= 15 is 0 Å². The van der Waals surface area contributed by atoms with Crippen molar-refractivity contribution >= 4 is 0 Å². The second-order valence-corrected chi connectivity index (χ2v) is 5.56. The molecule has 122 valence electrons.